The molecule has 0 saturated carbocycles. The summed E-state index contributed by atoms with van der Waals surface area (Å²) in [4.78, 5) is 2.57. The number of morpholine rings is 1. The molecule has 0 amide bonds. The molecule has 112 valence electrons. The summed E-state index contributed by atoms with van der Waals surface area (Å²) in [6.07, 6.45) is 0.628. The first kappa shape index (κ1) is 15.3. The molecule has 1 aliphatic rings. The maximum absolute atomic E-state index is 12.0. The Kier molecular flexibility index (Phi) is 5.01. The number of sulfone groups is 1. The molecule has 20 heavy (non-hydrogen) atoms. The molecule has 1 fully saturated rings. The zero-order chi connectivity index (χ0) is 14.6. The summed E-state index contributed by atoms with van der Waals surface area (Å²) in [7, 11) is -3.14. The summed E-state index contributed by atoms with van der Waals surface area (Å²) in [5, 5.41) is 0. The Balaban J connectivity index is 2.19. The van der Waals surface area contributed by atoms with Crippen LogP contribution in [0.2, 0.25) is 0 Å². The highest BCUT2D eigenvalue weighted by atomic mass is 32.2. The van der Waals surface area contributed by atoms with Gasteiger partial charge in [0, 0.05) is 18.8 Å². The van der Waals surface area contributed by atoms with E-state index >= 15 is 0 Å². The van der Waals surface area contributed by atoms with Crippen LogP contribution in [-0.4, -0.2) is 46.5 Å². The van der Waals surface area contributed by atoms with Gasteiger partial charge in [-0.1, -0.05) is 6.92 Å². The lowest BCUT2D eigenvalue weighted by Gasteiger charge is -2.36. The molecule has 1 unspecified atom stereocenters. The van der Waals surface area contributed by atoms with Crippen LogP contribution in [0.15, 0.2) is 29.2 Å². The summed E-state index contributed by atoms with van der Waals surface area (Å²) >= 11 is 0. The van der Waals surface area contributed by atoms with Crippen LogP contribution in [0.3, 0.4) is 0 Å². The first-order valence-corrected chi connectivity index (χ1v) is 8.61. The van der Waals surface area contributed by atoms with Crippen molar-refractivity contribution in [2.24, 2.45) is 5.73 Å². The zero-order valence-corrected chi connectivity index (χ0v) is 12.6. The Morgan fingerprint density at radius 2 is 2.05 bits per heavy atom. The lowest BCUT2D eigenvalue weighted by Crippen LogP contribution is -2.49. The first-order chi connectivity index (χ1) is 9.58. The van der Waals surface area contributed by atoms with E-state index in [1.807, 2.05) is 19.1 Å². The van der Waals surface area contributed by atoms with Gasteiger partial charge in [0.15, 0.2) is 9.84 Å². The average molecular weight is 298 g/mol. The van der Waals surface area contributed by atoms with Crippen molar-refractivity contribution in [3.05, 3.63) is 24.3 Å². The van der Waals surface area contributed by atoms with Crippen LogP contribution >= 0.6 is 0 Å². The predicted octanol–water partition coefficient (Wildman–Crippen LogP) is 1.03. The summed E-state index contributed by atoms with van der Waals surface area (Å²) in [5.41, 5.74) is 6.75. The molecule has 1 aliphatic heterocycles. The van der Waals surface area contributed by atoms with Crippen LogP contribution in [0.25, 0.3) is 0 Å². The standard InChI is InChI=1S/C14H22N2O3S/c1-2-9-20(17,18)14-5-3-12(4-6-14)16-7-8-19-11-13(16)10-15/h3-6,13H,2,7-11,15H2,1H3. The van der Waals surface area contributed by atoms with Crippen LogP contribution in [0.5, 0.6) is 0 Å². The second-order valence-corrected chi connectivity index (χ2v) is 7.08. The molecule has 0 aliphatic carbocycles. The summed E-state index contributed by atoms with van der Waals surface area (Å²) in [6.45, 7) is 4.46. The number of anilines is 1. The molecule has 1 aromatic rings. The minimum atomic E-state index is -3.14. The fraction of sp³-hybridized carbons (Fsp3) is 0.571. The van der Waals surface area contributed by atoms with Gasteiger partial charge in [-0.05, 0) is 30.7 Å². The van der Waals surface area contributed by atoms with Crippen molar-refractivity contribution >= 4 is 15.5 Å². The Morgan fingerprint density at radius 1 is 1.35 bits per heavy atom. The van der Waals surface area contributed by atoms with Crippen molar-refractivity contribution in [1.82, 2.24) is 0 Å². The molecule has 0 radical (unpaired) electrons. The maximum atomic E-state index is 12.0. The van der Waals surface area contributed by atoms with Crippen LogP contribution in [0.1, 0.15) is 13.3 Å². The molecule has 0 aromatic heterocycles. The Hall–Kier alpha value is -1.11. The second-order valence-electron chi connectivity index (χ2n) is 4.97. The lowest BCUT2D eigenvalue weighted by molar-refractivity contribution is 0.0963. The number of hydrogen-bond acceptors (Lipinski definition) is 5. The molecule has 1 saturated heterocycles. The van der Waals surface area contributed by atoms with Gasteiger partial charge in [-0.15, -0.1) is 0 Å². The molecule has 1 aromatic carbocycles. The summed E-state index contributed by atoms with van der Waals surface area (Å²) in [6, 6.07) is 7.24. The van der Waals surface area contributed by atoms with Crippen molar-refractivity contribution in [2.45, 2.75) is 24.3 Å². The van der Waals surface area contributed by atoms with Crippen molar-refractivity contribution in [1.29, 1.82) is 0 Å². The van der Waals surface area contributed by atoms with E-state index in [0.29, 0.717) is 31.1 Å². The van der Waals surface area contributed by atoms with E-state index in [1.54, 1.807) is 12.1 Å². The van der Waals surface area contributed by atoms with Crippen LogP contribution in [0.4, 0.5) is 5.69 Å². The highest BCUT2D eigenvalue weighted by Gasteiger charge is 2.22. The molecule has 5 nitrogen and oxygen atoms in total. The Morgan fingerprint density at radius 3 is 2.65 bits per heavy atom. The monoisotopic (exact) mass is 298 g/mol. The van der Waals surface area contributed by atoms with Crippen LogP contribution in [0, 0.1) is 0 Å². The van der Waals surface area contributed by atoms with Gasteiger partial charge < -0.3 is 15.4 Å². The number of nitrogens with zero attached hydrogens (tertiary/aromatic N) is 1. The number of hydrogen-bond donors (Lipinski definition) is 1. The molecular formula is C14H22N2O3S. The number of rotatable bonds is 5. The van der Waals surface area contributed by atoms with E-state index in [1.165, 1.54) is 0 Å². The topological polar surface area (TPSA) is 72.6 Å². The predicted molar refractivity (Wildman–Crippen MR) is 79.8 cm³/mol. The van der Waals surface area contributed by atoms with E-state index in [2.05, 4.69) is 4.90 Å². The molecule has 6 heteroatoms. The third-order valence-corrected chi connectivity index (χ3v) is 5.44. The molecule has 0 bridgehead atoms. The highest BCUT2D eigenvalue weighted by molar-refractivity contribution is 7.91. The van der Waals surface area contributed by atoms with E-state index in [4.69, 9.17) is 10.5 Å². The molecule has 2 rings (SSSR count). The van der Waals surface area contributed by atoms with Gasteiger partial charge >= 0.3 is 0 Å². The number of nitrogens with two attached hydrogens (primary N) is 1. The molecule has 1 heterocycles. The van der Waals surface area contributed by atoms with Crippen LogP contribution in [-0.2, 0) is 14.6 Å². The normalized spacial score (nSPS) is 20.1. The van der Waals surface area contributed by atoms with Crippen LogP contribution < -0.4 is 10.6 Å². The van der Waals surface area contributed by atoms with E-state index < -0.39 is 9.84 Å². The van der Waals surface area contributed by atoms with Gasteiger partial charge in [0.05, 0.1) is 29.9 Å². The maximum Gasteiger partial charge on any atom is 0.178 e. The van der Waals surface area contributed by atoms with Crippen molar-refractivity contribution in [2.75, 3.05) is 37.0 Å². The van der Waals surface area contributed by atoms with Crippen molar-refractivity contribution in [3.63, 3.8) is 0 Å². The highest BCUT2D eigenvalue weighted by Crippen LogP contribution is 2.22. The zero-order valence-electron chi connectivity index (χ0n) is 11.8. The SMILES string of the molecule is CCCS(=O)(=O)c1ccc(N2CCOCC2CN)cc1. The van der Waals surface area contributed by atoms with Gasteiger partial charge in [0.1, 0.15) is 0 Å². The smallest absolute Gasteiger partial charge is 0.178 e. The third-order valence-electron chi connectivity index (χ3n) is 3.50. The third kappa shape index (κ3) is 3.31. The molecular weight excluding hydrogens is 276 g/mol. The van der Waals surface area contributed by atoms with E-state index in [-0.39, 0.29) is 11.8 Å². The van der Waals surface area contributed by atoms with Gasteiger partial charge in [-0.3, -0.25) is 0 Å². The van der Waals surface area contributed by atoms with Gasteiger partial charge in [0.2, 0.25) is 0 Å². The van der Waals surface area contributed by atoms with Crippen molar-refractivity contribution in [3.8, 4) is 0 Å². The van der Waals surface area contributed by atoms with Gasteiger partial charge in [0.25, 0.3) is 0 Å². The minimum Gasteiger partial charge on any atom is -0.377 e. The first-order valence-electron chi connectivity index (χ1n) is 6.95. The van der Waals surface area contributed by atoms with E-state index in [9.17, 15) is 8.42 Å². The largest absolute Gasteiger partial charge is 0.377 e. The second kappa shape index (κ2) is 6.56. The minimum absolute atomic E-state index is 0.154. The lowest BCUT2D eigenvalue weighted by atomic mass is 10.2. The van der Waals surface area contributed by atoms with Gasteiger partial charge in [-0.25, -0.2) is 8.42 Å². The summed E-state index contributed by atoms with van der Waals surface area (Å²) in [5.74, 6) is 0.190. The number of benzene rings is 1. The average Bonchev–Trinajstić information content (AvgIpc) is 2.47. The molecule has 2 N–H and O–H groups in total. The summed E-state index contributed by atoms with van der Waals surface area (Å²) < 4.78 is 29.4. The van der Waals surface area contributed by atoms with Crippen molar-refractivity contribution < 1.29 is 13.2 Å². The molecule has 1 atom stereocenters. The fourth-order valence-electron chi connectivity index (χ4n) is 2.42. The Labute approximate surface area is 120 Å². The Bertz CT molecular complexity index is 528. The number of ether oxygens (including phenoxy) is 1. The quantitative estimate of drug-likeness (QED) is 0.879. The fourth-order valence-corrected chi connectivity index (χ4v) is 3.75. The van der Waals surface area contributed by atoms with E-state index in [0.717, 1.165) is 12.2 Å². The van der Waals surface area contributed by atoms with Gasteiger partial charge in [-0.2, -0.15) is 0 Å². The molecule has 0 spiro atoms.